The van der Waals surface area contributed by atoms with Gasteiger partial charge in [0, 0.05) is 6.54 Å². The molecule has 2 rings (SSSR count). The Kier molecular flexibility index (Phi) is 6.62. The van der Waals surface area contributed by atoms with Gasteiger partial charge in [-0.25, -0.2) is 9.59 Å². The first-order valence-electron chi connectivity index (χ1n) is 8.08. The van der Waals surface area contributed by atoms with Crippen LogP contribution < -0.4 is 20.1 Å². The Morgan fingerprint density at radius 2 is 1.96 bits per heavy atom. The molecule has 1 aromatic carbocycles. The van der Waals surface area contributed by atoms with Crippen molar-refractivity contribution in [3.63, 3.8) is 0 Å². The lowest BCUT2D eigenvalue weighted by molar-refractivity contribution is -0.157. The largest absolute Gasteiger partial charge is 0.485 e. The summed E-state index contributed by atoms with van der Waals surface area (Å²) in [6, 6.07) is 6.32. The van der Waals surface area contributed by atoms with Gasteiger partial charge in [0.05, 0.1) is 0 Å². The molecule has 8 nitrogen and oxygen atoms in total. The average Bonchev–Trinajstić information content (AvgIpc) is 2.58. The maximum atomic E-state index is 11.9. The Bertz CT molecular complexity index is 631. The number of fused-ring (bicyclic) bond motifs is 1. The quantitative estimate of drug-likeness (QED) is 0.748. The SMILES string of the molecule is CC(C)CCNC(=O)NC(=O)COC(=O)[C@H]1COc2ccccc2O1. The van der Waals surface area contributed by atoms with Crippen LogP contribution in [0.2, 0.25) is 0 Å². The molecule has 1 atom stereocenters. The van der Waals surface area contributed by atoms with Gasteiger partial charge in [-0.05, 0) is 24.5 Å². The molecule has 1 heterocycles. The van der Waals surface area contributed by atoms with E-state index in [-0.39, 0.29) is 6.61 Å². The predicted molar refractivity (Wildman–Crippen MR) is 88.3 cm³/mol. The van der Waals surface area contributed by atoms with Crippen molar-refractivity contribution in [3.05, 3.63) is 24.3 Å². The second kappa shape index (κ2) is 8.91. The fourth-order valence-electron chi connectivity index (χ4n) is 2.05. The molecule has 0 saturated carbocycles. The Labute approximate surface area is 145 Å². The molecule has 1 aliphatic heterocycles. The van der Waals surface area contributed by atoms with Gasteiger partial charge in [0.15, 0.2) is 18.1 Å². The number of amides is 3. The zero-order chi connectivity index (χ0) is 18.2. The Hall–Kier alpha value is -2.77. The maximum absolute atomic E-state index is 11.9. The van der Waals surface area contributed by atoms with E-state index in [1.807, 2.05) is 13.8 Å². The maximum Gasteiger partial charge on any atom is 0.351 e. The molecular weight excluding hydrogens is 328 g/mol. The van der Waals surface area contributed by atoms with E-state index >= 15 is 0 Å². The summed E-state index contributed by atoms with van der Waals surface area (Å²) in [7, 11) is 0. The number of nitrogens with one attached hydrogen (secondary N) is 2. The summed E-state index contributed by atoms with van der Waals surface area (Å²) in [6.45, 7) is 3.94. The third kappa shape index (κ3) is 5.98. The summed E-state index contributed by atoms with van der Waals surface area (Å²) in [5.41, 5.74) is 0. The molecule has 25 heavy (non-hydrogen) atoms. The van der Waals surface area contributed by atoms with Crippen LogP contribution in [0.1, 0.15) is 20.3 Å². The van der Waals surface area contributed by atoms with Crippen molar-refractivity contribution < 1.29 is 28.6 Å². The van der Waals surface area contributed by atoms with E-state index in [0.717, 1.165) is 6.42 Å². The molecule has 8 heteroatoms. The fourth-order valence-corrected chi connectivity index (χ4v) is 2.05. The van der Waals surface area contributed by atoms with Crippen LogP contribution in [0.5, 0.6) is 11.5 Å². The number of para-hydroxylation sites is 2. The van der Waals surface area contributed by atoms with Crippen molar-refractivity contribution >= 4 is 17.9 Å². The number of rotatable bonds is 6. The molecule has 136 valence electrons. The van der Waals surface area contributed by atoms with E-state index in [9.17, 15) is 14.4 Å². The topological polar surface area (TPSA) is 103 Å². The smallest absolute Gasteiger partial charge is 0.351 e. The second-order valence-corrected chi connectivity index (χ2v) is 5.96. The molecule has 0 spiro atoms. The van der Waals surface area contributed by atoms with Crippen molar-refractivity contribution in [2.24, 2.45) is 5.92 Å². The Balaban J connectivity index is 1.69. The zero-order valence-corrected chi connectivity index (χ0v) is 14.2. The molecule has 0 unspecified atom stereocenters. The molecule has 0 radical (unpaired) electrons. The number of carbonyl (C=O) groups is 3. The predicted octanol–water partition coefficient (Wildman–Crippen LogP) is 1.24. The van der Waals surface area contributed by atoms with E-state index in [2.05, 4.69) is 10.6 Å². The molecule has 0 aliphatic carbocycles. The first-order valence-corrected chi connectivity index (χ1v) is 8.08. The minimum absolute atomic E-state index is 0.00679. The molecule has 0 bridgehead atoms. The highest BCUT2D eigenvalue weighted by molar-refractivity contribution is 5.95. The van der Waals surface area contributed by atoms with Gasteiger partial charge in [-0.15, -0.1) is 0 Å². The number of carbonyl (C=O) groups excluding carboxylic acids is 3. The van der Waals surface area contributed by atoms with Crippen LogP contribution in [0, 0.1) is 5.92 Å². The van der Waals surface area contributed by atoms with Gasteiger partial charge in [-0.2, -0.15) is 0 Å². The minimum Gasteiger partial charge on any atom is -0.485 e. The first kappa shape index (κ1) is 18.6. The summed E-state index contributed by atoms with van der Waals surface area (Å²) in [4.78, 5) is 35.0. The highest BCUT2D eigenvalue weighted by Crippen LogP contribution is 2.31. The third-order valence-corrected chi connectivity index (χ3v) is 3.38. The third-order valence-electron chi connectivity index (χ3n) is 3.38. The van der Waals surface area contributed by atoms with Crippen LogP contribution in [0.3, 0.4) is 0 Å². The monoisotopic (exact) mass is 350 g/mol. The summed E-state index contributed by atoms with van der Waals surface area (Å²) in [6.07, 6.45) is -0.153. The molecule has 1 aliphatic rings. The van der Waals surface area contributed by atoms with Crippen LogP contribution in [-0.4, -0.2) is 43.8 Å². The zero-order valence-electron chi connectivity index (χ0n) is 14.2. The average molecular weight is 350 g/mol. The van der Waals surface area contributed by atoms with E-state index in [1.165, 1.54) is 0 Å². The van der Waals surface area contributed by atoms with Gasteiger partial charge in [0.2, 0.25) is 6.10 Å². The van der Waals surface area contributed by atoms with Crippen LogP contribution >= 0.6 is 0 Å². The van der Waals surface area contributed by atoms with Crippen molar-refractivity contribution in [1.29, 1.82) is 0 Å². The van der Waals surface area contributed by atoms with Crippen LogP contribution in [0.25, 0.3) is 0 Å². The first-order chi connectivity index (χ1) is 12.0. The van der Waals surface area contributed by atoms with Crippen molar-refractivity contribution in [3.8, 4) is 11.5 Å². The van der Waals surface area contributed by atoms with Crippen LogP contribution in [0.15, 0.2) is 24.3 Å². The lowest BCUT2D eigenvalue weighted by atomic mass is 10.1. The number of imide groups is 1. The highest BCUT2D eigenvalue weighted by Gasteiger charge is 2.29. The van der Waals surface area contributed by atoms with Gasteiger partial charge in [-0.3, -0.25) is 10.1 Å². The standard InChI is InChI=1S/C17H22N2O6/c1-11(2)7-8-18-17(22)19-15(20)10-24-16(21)14-9-23-12-5-3-4-6-13(12)25-14/h3-6,11,14H,7-10H2,1-2H3,(H2,18,19,20,22)/t14-/m1/s1. The van der Waals surface area contributed by atoms with Gasteiger partial charge in [0.25, 0.3) is 5.91 Å². The lowest BCUT2D eigenvalue weighted by Gasteiger charge is -2.24. The van der Waals surface area contributed by atoms with Crippen LogP contribution in [-0.2, 0) is 14.3 Å². The van der Waals surface area contributed by atoms with Gasteiger partial charge >= 0.3 is 12.0 Å². The van der Waals surface area contributed by atoms with E-state index < -0.39 is 30.6 Å². The summed E-state index contributed by atoms with van der Waals surface area (Å²) >= 11 is 0. The van der Waals surface area contributed by atoms with E-state index in [1.54, 1.807) is 24.3 Å². The van der Waals surface area contributed by atoms with E-state index in [4.69, 9.17) is 14.2 Å². The molecule has 3 amide bonds. The molecule has 1 aromatic rings. The molecular formula is C17H22N2O6. The fraction of sp³-hybridized carbons (Fsp3) is 0.471. The van der Waals surface area contributed by atoms with Crippen molar-refractivity contribution in [2.45, 2.75) is 26.4 Å². The number of urea groups is 1. The summed E-state index contributed by atoms with van der Waals surface area (Å²) in [5, 5.41) is 4.64. The van der Waals surface area contributed by atoms with Gasteiger partial charge in [0.1, 0.15) is 6.61 Å². The van der Waals surface area contributed by atoms with Crippen LogP contribution in [0.4, 0.5) is 4.79 Å². The summed E-state index contributed by atoms with van der Waals surface area (Å²) in [5.74, 6) is -0.0239. The molecule has 0 fully saturated rings. The molecule has 0 saturated heterocycles. The number of esters is 1. The number of ether oxygens (including phenoxy) is 3. The van der Waals surface area contributed by atoms with Crippen molar-refractivity contribution in [1.82, 2.24) is 10.6 Å². The second-order valence-electron chi connectivity index (χ2n) is 5.96. The normalized spacial score (nSPS) is 15.4. The Morgan fingerprint density at radius 1 is 1.24 bits per heavy atom. The van der Waals surface area contributed by atoms with Gasteiger partial charge in [-0.1, -0.05) is 26.0 Å². The highest BCUT2D eigenvalue weighted by atomic mass is 16.6. The summed E-state index contributed by atoms with van der Waals surface area (Å²) < 4.78 is 15.7. The number of hydrogen-bond donors (Lipinski definition) is 2. The molecule has 2 N–H and O–H groups in total. The van der Waals surface area contributed by atoms with Gasteiger partial charge < -0.3 is 19.5 Å². The van der Waals surface area contributed by atoms with E-state index in [0.29, 0.717) is 24.0 Å². The van der Waals surface area contributed by atoms with Crippen molar-refractivity contribution in [2.75, 3.05) is 19.8 Å². The number of benzene rings is 1. The lowest BCUT2D eigenvalue weighted by Crippen LogP contribution is -2.43. The minimum atomic E-state index is -0.956. The number of hydrogen-bond acceptors (Lipinski definition) is 6. The molecule has 0 aromatic heterocycles. The Morgan fingerprint density at radius 3 is 2.68 bits per heavy atom.